The van der Waals surface area contributed by atoms with E-state index in [0.29, 0.717) is 28.4 Å². The number of ketones is 1. The van der Waals surface area contributed by atoms with Crippen LogP contribution in [0.4, 0.5) is 0 Å². The molecule has 0 aromatic heterocycles. The van der Waals surface area contributed by atoms with Gasteiger partial charge < -0.3 is 18.9 Å². The number of rotatable bonds is 3. The summed E-state index contributed by atoms with van der Waals surface area (Å²) in [6.45, 7) is 2.09. The molecule has 6 nitrogen and oxygen atoms in total. The number of aryl methyl sites for hydroxylation is 1. The van der Waals surface area contributed by atoms with Crippen LogP contribution in [0.3, 0.4) is 0 Å². The van der Waals surface area contributed by atoms with Gasteiger partial charge in [-0.3, -0.25) is 4.79 Å². The average molecular weight is 400 g/mol. The summed E-state index contributed by atoms with van der Waals surface area (Å²) < 4.78 is 21.7. The summed E-state index contributed by atoms with van der Waals surface area (Å²) in [4.78, 5) is 25.1. The van der Waals surface area contributed by atoms with Crippen LogP contribution in [0.25, 0.3) is 6.08 Å². The maximum atomic E-state index is 12.6. The van der Waals surface area contributed by atoms with Gasteiger partial charge in [0.1, 0.15) is 11.5 Å². The van der Waals surface area contributed by atoms with Gasteiger partial charge in [-0.1, -0.05) is 24.3 Å². The Balaban J connectivity index is 1.37. The second-order valence-corrected chi connectivity index (χ2v) is 6.91. The highest BCUT2D eigenvalue weighted by molar-refractivity contribution is 6.14. The molecule has 0 bridgehead atoms. The fourth-order valence-corrected chi connectivity index (χ4v) is 3.31. The van der Waals surface area contributed by atoms with Crippen LogP contribution in [0, 0.1) is 6.92 Å². The zero-order valence-corrected chi connectivity index (χ0v) is 16.0. The number of hydrogen-bond donors (Lipinski definition) is 0. The third-order valence-corrected chi connectivity index (χ3v) is 4.94. The van der Waals surface area contributed by atoms with Crippen molar-refractivity contribution >= 4 is 17.8 Å². The lowest BCUT2D eigenvalue weighted by Gasteiger charge is -2.06. The summed E-state index contributed by atoms with van der Waals surface area (Å²) >= 11 is 0. The van der Waals surface area contributed by atoms with Crippen molar-refractivity contribution in [1.82, 2.24) is 0 Å². The molecule has 2 aliphatic rings. The molecule has 2 heterocycles. The predicted molar refractivity (Wildman–Crippen MR) is 108 cm³/mol. The molecule has 2 aliphatic heterocycles. The molecule has 30 heavy (non-hydrogen) atoms. The van der Waals surface area contributed by atoms with Crippen molar-refractivity contribution in [1.29, 1.82) is 0 Å². The predicted octanol–water partition coefficient (Wildman–Crippen LogP) is 4.56. The fraction of sp³-hybridized carbons (Fsp3) is 0.0833. The Hall–Kier alpha value is -4.06. The molecular formula is C24H16O6. The topological polar surface area (TPSA) is 71.1 Å². The molecule has 0 saturated heterocycles. The second-order valence-electron chi connectivity index (χ2n) is 6.91. The lowest BCUT2D eigenvalue weighted by atomic mass is 10.1. The molecule has 148 valence electrons. The molecule has 5 rings (SSSR count). The zero-order chi connectivity index (χ0) is 20.7. The van der Waals surface area contributed by atoms with Crippen molar-refractivity contribution in [3.63, 3.8) is 0 Å². The number of esters is 1. The average Bonchev–Trinajstić information content (AvgIpc) is 3.33. The third-order valence-electron chi connectivity index (χ3n) is 4.94. The highest BCUT2D eigenvalue weighted by Crippen LogP contribution is 2.36. The molecule has 0 fully saturated rings. The van der Waals surface area contributed by atoms with Crippen LogP contribution in [-0.2, 0) is 0 Å². The van der Waals surface area contributed by atoms with Gasteiger partial charge in [-0.05, 0) is 54.5 Å². The Morgan fingerprint density at radius 1 is 0.967 bits per heavy atom. The number of fused-ring (bicyclic) bond motifs is 2. The van der Waals surface area contributed by atoms with Gasteiger partial charge in [-0.25, -0.2) is 4.79 Å². The van der Waals surface area contributed by atoms with E-state index in [1.54, 1.807) is 36.4 Å². The number of Topliss-reactive ketones (excluding diaryl/α,β-unsaturated/α-hetero) is 1. The number of ether oxygens (including phenoxy) is 4. The van der Waals surface area contributed by atoms with Crippen molar-refractivity contribution in [2.45, 2.75) is 6.92 Å². The minimum atomic E-state index is -0.548. The summed E-state index contributed by atoms with van der Waals surface area (Å²) in [7, 11) is 0. The van der Waals surface area contributed by atoms with E-state index in [9.17, 15) is 9.59 Å². The molecule has 3 aromatic rings. The van der Waals surface area contributed by atoms with Gasteiger partial charge in [0.15, 0.2) is 17.3 Å². The van der Waals surface area contributed by atoms with Gasteiger partial charge in [-0.15, -0.1) is 0 Å². The number of hydrogen-bond acceptors (Lipinski definition) is 6. The van der Waals surface area contributed by atoms with E-state index in [1.165, 1.54) is 6.07 Å². The monoisotopic (exact) mass is 400 g/mol. The summed E-state index contributed by atoms with van der Waals surface area (Å²) in [5.74, 6) is 1.20. The minimum absolute atomic E-state index is 0.127. The number of benzene rings is 3. The van der Waals surface area contributed by atoms with Gasteiger partial charge >= 0.3 is 5.97 Å². The first-order valence-electron chi connectivity index (χ1n) is 9.34. The van der Waals surface area contributed by atoms with E-state index in [2.05, 4.69) is 0 Å². The van der Waals surface area contributed by atoms with Crippen molar-refractivity contribution in [2.75, 3.05) is 6.79 Å². The van der Waals surface area contributed by atoms with Gasteiger partial charge in [0, 0.05) is 6.07 Å². The molecular weight excluding hydrogens is 384 g/mol. The molecule has 0 spiro atoms. The normalized spacial score (nSPS) is 15.1. The molecule has 6 heteroatoms. The van der Waals surface area contributed by atoms with Crippen LogP contribution in [0.15, 0.2) is 66.4 Å². The first-order valence-corrected chi connectivity index (χ1v) is 9.34. The first-order chi connectivity index (χ1) is 14.6. The Morgan fingerprint density at radius 3 is 2.67 bits per heavy atom. The Labute approximate surface area is 172 Å². The molecule has 0 aliphatic carbocycles. The summed E-state index contributed by atoms with van der Waals surface area (Å²) in [6, 6.07) is 17.3. The van der Waals surface area contributed by atoms with E-state index < -0.39 is 5.97 Å². The van der Waals surface area contributed by atoms with Crippen LogP contribution in [0.1, 0.15) is 31.8 Å². The molecule has 3 aromatic carbocycles. The second kappa shape index (κ2) is 7.08. The molecule has 0 unspecified atom stereocenters. The van der Waals surface area contributed by atoms with E-state index in [4.69, 9.17) is 18.9 Å². The molecule has 0 saturated carbocycles. The summed E-state index contributed by atoms with van der Waals surface area (Å²) in [6.07, 6.45) is 1.72. The van der Waals surface area contributed by atoms with Crippen molar-refractivity contribution in [3.8, 4) is 23.0 Å². The third kappa shape index (κ3) is 3.18. The Kier molecular flexibility index (Phi) is 4.25. The van der Waals surface area contributed by atoms with Crippen LogP contribution >= 0.6 is 0 Å². The van der Waals surface area contributed by atoms with Gasteiger partial charge in [0.25, 0.3) is 0 Å². The first kappa shape index (κ1) is 18.0. The van der Waals surface area contributed by atoms with Crippen molar-refractivity contribution in [2.24, 2.45) is 0 Å². The largest absolute Gasteiger partial charge is 0.454 e. The quantitative estimate of drug-likeness (QED) is 0.365. The van der Waals surface area contributed by atoms with E-state index in [-0.39, 0.29) is 24.1 Å². The highest BCUT2D eigenvalue weighted by atomic mass is 16.7. The smallest absolute Gasteiger partial charge is 0.343 e. The molecule has 0 amide bonds. The van der Waals surface area contributed by atoms with E-state index in [0.717, 1.165) is 11.1 Å². The lowest BCUT2D eigenvalue weighted by molar-refractivity contribution is 0.0734. The van der Waals surface area contributed by atoms with Crippen molar-refractivity contribution < 1.29 is 28.5 Å². The minimum Gasteiger partial charge on any atom is -0.454 e. The maximum absolute atomic E-state index is 12.6. The number of allylic oxidation sites excluding steroid dienone is 1. The van der Waals surface area contributed by atoms with E-state index >= 15 is 0 Å². The highest BCUT2D eigenvalue weighted by Gasteiger charge is 2.28. The number of carbonyl (C=O) groups is 2. The van der Waals surface area contributed by atoms with Crippen LogP contribution in [-0.4, -0.2) is 18.5 Å². The maximum Gasteiger partial charge on any atom is 0.343 e. The summed E-state index contributed by atoms with van der Waals surface area (Å²) in [5.41, 5.74) is 2.70. The zero-order valence-electron chi connectivity index (χ0n) is 16.0. The van der Waals surface area contributed by atoms with Crippen LogP contribution in [0.5, 0.6) is 23.0 Å². The van der Waals surface area contributed by atoms with E-state index in [1.807, 2.05) is 31.2 Å². The lowest BCUT2D eigenvalue weighted by Crippen LogP contribution is -2.08. The molecule has 0 radical (unpaired) electrons. The number of carbonyl (C=O) groups excluding carboxylic acids is 2. The Morgan fingerprint density at radius 2 is 1.80 bits per heavy atom. The van der Waals surface area contributed by atoms with Crippen molar-refractivity contribution in [3.05, 3.63) is 88.7 Å². The Bertz CT molecular complexity index is 1220. The van der Waals surface area contributed by atoms with Crippen LogP contribution < -0.4 is 18.9 Å². The van der Waals surface area contributed by atoms with Gasteiger partial charge in [0.2, 0.25) is 12.6 Å². The molecule has 0 N–H and O–H groups in total. The van der Waals surface area contributed by atoms with Crippen LogP contribution in [0.2, 0.25) is 0 Å². The standard InChI is InChI=1S/C24H16O6/c1-14-4-2-3-5-15(14)10-22-23(25)18-8-7-17(12-20(18)30-22)29-24(26)16-6-9-19-21(11-16)28-13-27-19/h2-12H,13H2,1H3. The SMILES string of the molecule is Cc1ccccc1C=C1Oc2cc(OC(=O)c3ccc4c(c3)OCO4)ccc2C1=O. The summed E-state index contributed by atoms with van der Waals surface area (Å²) in [5, 5.41) is 0. The van der Waals surface area contributed by atoms with Gasteiger partial charge in [-0.2, -0.15) is 0 Å². The fourth-order valence-electron chi connectivity index (χ4n) is 3.31. The van der Waals surface area contributed by atoms with Gasteiger partial charge in [0.05, 0.1) is 11.1 Å². The molecule has 0 atom stereocenters.